The van der Waals surface area contributed by atoms with Gasteiger partial charge in [0, 0.05) is 23.0 Å². The van der Waals surface area contributed by atoms with Crippen molar-refractivity contribution in [1.29, 1.82) is 0 Å². The normalized spacial score (nSPS) is 14.2. The number of carbonyl (C=O) groups excluding carboxylic acids is 1. The Morgan fingerprint density at radius 2 is 1.74 bits per heavy atom. The minimum atomic E-state index is -4.58. The molecule has 0 radical (unpaired) electrons. The van der Waals surface area contributed by atoms with Crippen LogP contribution in [-0.4, -0.2) is 45.0 Å². The van der Waals surface area contributed by atoms with Gasteiger partial charge in [0.15, 0.2) is 0 Å². The van der Waals surface area contributed by atoms with Crippen molar-refractivity contribution in [3.8, 4) is 0 Å². The molecule has 0 saturated carbocycles. The summed E-state index contributed by atoms with van der Waals surface area (Å²) < 4.78 is 64.6. The Kier molecular flexibility index (Phi) is 9.08. The highest BCUT2D eigenvalue weighted by molar-refractivity contribution is 7.89. The fraction of sp³-hybridized carbons (Fsp3) is 0.480. The fourth-order valence-electron chi connectivity index (χ4n) is 3.73. The summed E-state index contributed by atoms with van der Waals surface area (Å²) in [5.41, 5.74) is 0.591. The van der Waals surface area contributed by atoms with Crippen LogP contribution in [0.3, 0.4) is 0 Å². The fourth-order valence-corrected chi connectivity index (χ4v) is 5.30. The third-order valence-corrected chi connectivity index (χ3v) is 7.36. The quantitative estimate of drug-likeness (QED) is 0.481. The minimum absolute atomic E-state index is 0.00183. The molecular weight excluding hydrogens is 498 g/mol. The van der Waals surface area contributed by atoms with E-state index in [0.29, 0.717) is 5.56 Å². The Bertz CT molecular complexity index is 1210. The summed E-state index contributed by atoms with van der Waals surface area (Å²) in [6.07, 6.45) is 0. The second kappa shape index (κ2) is 10.9. The van der Waals surface area contributed by atoms with Crippen LogP contribution in [0.2, 0.25) is 5.02 Å². The maximum Gasteiger partial charge on any atom is 0.325 e. The number of rotatable bonds is 8. The van der Waals surface area contributed by atoms with Crippen LogP contribution in [0.15, 0.2) is 29.2 Å². The monoisotopic (exact) mass is 530 g/mol. The molecule has 194 valence electrons. The molecule has 10 heteroatoms. The largest absolute Gasteiger partial charge is 0.459 e. The lowest BCUT2D eigenvalue weighted by Gasteiger charge is -2.29. The van der Waals surface area contributed by atoms with E-state index in [1.807, 2.05) is 0 Å². The molecule has 0 spiro atoms. The van der Waals surface area contributed by atoms with Crippen LogP contribution in [0.1, 0.15) is 55.9 Å². The van der Waals surface area contributed by atoms with Gasteiger partial charge in [0.25, 0.3) is 0 Å². The van der Waals surface area contributed by atoms with Crippen molar-refractivity contribution in [1.82, 2.24) is 9.62 Å². The molecule has 0 heterocycles. The van der Waals surface area contributed by atoms with Crippen LogP contribution in [0.4, 0.5) is 8.78 Å². The number of benzene rings is 2. The zero-order valence-corrected chi connectivity index (χ0v) is 22.9. The van der Waals surface area contributed by atoms with Crippen LogP contribution in [-0.2, 0) is 26.1 Å². The minimum Gasteiger partial charge on any atom is -0.459 e. The molecule has 35 heavy (non-hydrogen) atoms. The Morgan fingerprint density at radius 3 is 2.29 bits per heavy atom. The van der Waals surface area contributed by atoms with Crippen molar-refractivity contribution in [3.63, 3.8) is 0 Å². The van der Waals surface area contributed by atoms with Gasteiger partial charge in [-0.15, -0.1) is 0 Å². The van der Waals surface area contributed by atoms with Gasteiger partial charge in [-0.3, -0.25) is 4.79 Å². The summed E-state index contributed by atoms with van der Waals surface area (Å²) in [6.45, 7) is 9.96. The van der Waals surface area contributed by atoms with Crippen LogP contribution < -0.4 is 4.72 Å². The third kappa shape index (κ3) is 7.00. The summed E-state index contributed by atoms with van der Waals surface area (Å²) in [6, 6.07) is 3.66. The summed E-state index contributed by atoms with van der Waals surface area (Å²) in [5.74, 6) is -3.47. The molecule has 6 nitrogen and oxygen atoms in total. The number of nitrogens with zero attached hydrogens (tertiary/aromatic N) is 1. The van der Waals surface area contributed by atoms with Gasteiger partial charge in [0.1, 0.15) is 28.2 Å². The molecule has 1 N–H and O–H groups in total. The first-order valence-corrected chi connectivity index (χ1v) is 12.9. The molecule has 1 unspecified atom stereocenters. The van der Waals surface area contributed by atoms with Gasteiger partial charge in [0.05, 0.1) is 0 Å². The number of hydrogen-bond acceptors (Lipinski definition) is 5. The molecule has 2 aromatic rings. The van der Waals surface area contributed by atoms with Gasteiger partial charge < -0.3 is 9.64 Å². The number of carbonyl (C=O) groups is 1. The lowest BCUT2D eigenvalue weighted by molar-refractivity contribution is -0.157. The zero-order chi connectivity index (χ0) is 26.9. The molecule has 2 aromatic carbocycles. The molecule has 0 aliphatic carbocycles. The van der Waals surface area contributed by atoms with Gasteiger partial charge in [-0.2, -0.15) is 4.72 Å². The van der Waals surface area contributed by atoms with Crippen molar-refractivity contribution >= 4 is 27.6 Å². The van der Waals surface area contributed by atoms with E-state index in [2.05, 4.69) is 4.72 Å². The number of esters is 1. The molecule has 0 amide bonds. The van der Waals surface area contributed by atoms with E-state index in [1.54, 1.807) is 59.7 Å². The molecule has 0 saturated heterocycles. The van der Waals surface area contributed by atoms with Gasteiger partial charge in [-0.05, 0) is 83.6 Å². The first-order chi connectivity index (χ1) is 16.0. The maximum absolute atomic E-state index is 15.3. The van der Waals surface area contributed by atoms with Gasteiger partial charge in [-0.25, -0.2) is 17.2 Å². The maximum atomic E-state index is 15.3. The average Bonchev–Trinajstić information content (AvgIpc) is 2.70. The van der Waals surface area contributed by atoms with Crippen molar-refractivity contribution in [3.05, 3.63) is 63.2 Å². The third-order valence-electron chi connectivity index (χ3n) is 5.55. The summed E-state index contributed by atoms with van der Waals surface area (Å²) in [4.78, 5) is 14.1. The Balaban J connectivity index is 2.61. The van der Waals surface area contributed by atoms with Crippen LogP contribution in [0, 0.1) is 25.5 Å². The lowest BCUT2D eigenvalue weighted by atomic mass is 9.88. The standard InChI is InChI=1S/C25H33ClF2N2O4S/c1-14-9-11-19(27)21(15(14)2)16(3)23(24(31)34-25(4,5)6)29-35(32,33)20-12-10-18(26)17(22(20)28)13-30(7)8/h9-12,16,23,29H,13H2,1-8H3/t16?,23-/m0/s1. The first kappa shape index (κ1) is 29.2. The van der Waals surface area contributed by atoms with Gasteiger partial charge in [0.2, 0.25) is 10.0 Å². The SMILES string of the molecule is Cc1ccc(F)c(C(C)[C@H](NS(=O)(=O)c2ccc(Cl)c(CN(C)C)c2F)C(=O)OC(C)(C)C)c1C. The van der Waals surface area contributed by atoms with E-state index >= 15 is 4.39 Å². The topological polar surface area (TPSA) is 75.7 Å². The molecule has 0 aliphatic rings. The number of nitrogens with one attached hydrogen (secondary N) is 1. The second-order valence-electron chi connectivity index (χ2n) is 9.90. The van der Waals surface area contributed by atoms with E-state index in [9.17, 15) is 17.6 Å². The molecule has 0 aliphatic heterocycles. The highest BCUT2D eigenvalue weighted by Crippen LogP contribution is 2.31. The Morgan fingerprint density at radius 1 is 1.14 bits per heavy atom. The van der Waals surface area contributed by atoms with Crippen molar-refractivity contribution in [2.24, 2.45) is 0 Å². The number of ether oxygens (including phenoxy) is 1. The van der Waals surface area contributed by atoms with Crippen molar-refractivity contribution in [2.75, 3.05) is 14.1 Å². The molecule has 2 rings (SSSR count). The second-order valence-corrected chi connectivity index (χ2v) is 12.0. The van der Waals surface area contributed by atoms with E-state index in [-0.39, 0.29) is 22.7 Å². The molecular formula is C25H33ClF2N2O4S. The predicted octanol–water partition coefficient (Wildman–Crippen LogP) is 5.09. The number of halogens is 3. The highest BCUT2D eigenvalue weighted by atomic mass is 35.5. The highest BCUT2D eigenvalue weighted by Gasteiger charge is 2.37. The van der Waals surface area contributed by atoms with Gasteiger partial charge in [-0.1, -0.05) is 24.6 Å². The van der Waals surface area contributed by atoms with Crippen molar-refractivity contribution < 1.29 is 26.7 Å². The van der Waals surface area contributed by atoms with E-state index in [1.165, 1.54) is 19.1 Å². The average molecular weight is 531 g/mol. The van der Waals surface area contributed by atoms with E-state index in [4.69, 9.17) is 16.3 Å². The van der Waals surface area contributed by atoms with E-state index in [0.717, 1.165) is 11.6 Å². The van der Waals surface area contributed by atoms with Gasteiger partial charge >= 0.3 is 5.97 Å². The molecule has 0 bridgehead atoms. The molecule has 0 aromatic heterocycles. The summed E-state index contributed by atoms with van der Waals surface area (Å²) >= 11 is 6.11. The smallest absolute Gasteiger partial charge is 0.325 e. The first-order valence-electron chi connectivity index (χ1n) is 11.1. The van der Waals surface area contributed by atoms with Crippen LogP contribution in [0.25, 0.3) is 0 Å². The van der Waals surface area contributed by atoms with Crippen LogP contribution in [0.5, 0.6) is 0 Å². The Labute approximate surface area is 211 Å². The van der Waals surface area contributed by atoms with E-state index < -0.39 is 50.1 Å². The summed E-state index contributed by atoms with van der Waals surface area (Å²) in [7, 11) is -1.20. The molecule has 2 atom stereocenters. The number of sulfonamides is 1. The number of hydrogen-bond donors (Lipinski definition) is 1. The Hall–Kier alpha value is -2.07. The predicted molar refractivity (Wildman–Crippen MR) is 133 cm³/mol. The van der Waals surface area contributed by atoms with Crippen molar-refractivity contribution in [2.45, 2.75) is 70.5 Å². The molecule has 0 fully saturated rings. The zero-order valence-electron chi connectivity index (χ0n) is 21.3. The number of aryl methyl sites for hydroxylation is 1. The summed E-state index contributed by atoms with van der Waals surface area (Å²) in [5, 5.41) is 0.0738. The lowest BCUT2D eigenvalue weighted by Crippen LogP contribution is -2.47. The van der Waals surface area contributed by atoms with Crippen LogP contribution >= 0.6 is 11.6 Å².